The van der Waals surface area contributed by atoms with Gasteiger partial charge in [0.25, 0.3) is 0 Å². The number of methoxy groups -OCH3 is 7. The van der Waals surface area contributed by atoms with Crippen molar-refractivity contribution in [1.82, 2.24) is 0 Å². The lowest BCUT2D eigenvalue weighted by molar-refractivity contribution is 0.104. The molecule has 0 radical (unpaired) electrons. The summed E-state index contributed by atoms with van der Waals surface area (Å²) in [5.41, 5.74) is 0.409. The van der Waals surface area contributed by atoms with E-state index in [1.807, 2.05) is 0 Å². The molecule has 2 aromatic carbocycles. The average molecular weight is 434 g/mol. The fourth-order valence-electron chi connectivity index (χ4n) is 3.11. The van der Waals surface area contributed by atoms with Crippen LogP contribution in [0.25, 0.3) is 6.08 Å². The number of benzene rings is 2. The number of phenols is 1. The molecule has 0 amide bonds. The first kappa shape index (κ1) is 23.5. The van der Waals surface area contributed by atoms with E-state index in [9.17, 15) is 9.90 Å². The van der Waals surface area contributed by atoms with E-state index >= 15 is 0 Å². The highest BCUT2D eigenvalue weighted by Crippen LogP contribution is 2.47. The standard InChI is InChI=1S/C22H26O9/c1-25-15-10-12(18(27-3)22(31-7)20(15)29-5)8-9-13(23)17-14(24)11-16(26-2)19(28-4)21(17)30-6/h8-11,24H,1-7H3/b9-8+. The van der Waals surface area contributed by atoms with Crippen molar-refractivity contribution >= 4 is 11.9 Å². The topological polar surface area (TPSA) is 102 Å². The molecular formula is C22H26O9. The Morgan fingerprint density at radius 2 is 1.16 bits per heavy atom. The first-order valence-electron chi connectivity index (χ1n) is 9.03. The van der Waals surface area contributed by atoms with E-state index in [1.165, 1.54) is 68.0 Å². The highest BCUT2D eigenvalue weighted by molar-refractivity contribution is 6.11. The maximum atomic E-state index is 13.0. The minimum absolute atomic E-state index is 0.0471. The second-order valence-corrected chi connectivity index (χ2v) is 6.00. The molecule has 0 saturated heterocycles. The van der Waals surface area contributed by atoms with Crippen LogP contribution in [0, 0.1) is 0 Å². The van der Waals surface area contributed by atoms with Gasteiger partial charge in [-0.3, -0.25) is 4.79 Å². The number of carbonyl (C=O) groups is 1. The van der Waals surface area contributed by atoms with Gasteiger partial charge in [0.05, 0.1) is 49.8 Å². The van der Waals surface area contributed by atoms with Gasteiger partial charge < -0.3 is 38.3 Å². The SMILES string of the molecule is COc1cc(/C=C/C(=O)c2c(O)cc(OC)c(OC)c2OC)c(OC)c(OC)c1OC. The Bertz CT molecular complexity index is 980. The quantitative estimate of drug-likeness (QED) is 0.445. The summed E-state index contributed by atoms with van der Waals surface area (Å²) in [7, 11) is 10.1. The molecule has 0 aromatic heterocycles. The highest BCUT2D eigenvalue weighted by atomic mass is 16.5. The van der Waals surface area contributed by atoms with Gasteiger partial charge in [-0.1, -0.05) is 0 Å². The molecule has 0 aliphatic carbocycles. The summed E-state index contributed by atoms with van der Waals surface area (Å²) < 4.78 is 37.3. The van der Waals surface area contributed by atoms with E-state index in [0.29, 0.717) is 28.6 Å². The van der Waals surface area contributed by atoms with Crippen molar-refractivity contribution in [2.75, 3.05) is 49.8 Å². The summed E-state index contributed by atoms with van der Waals surface area (Å²) >= 11 is 0. The maximum absolute atomic E-state index is 13.0. The Labute approximate surface area is 180 Å². The molecule has 0 unspecified atom stereocenters. The van der Waals surface area contributed by atoms with E-state index in [1.54, 1.807) is 6.07 Å². The molecule has 0 spiro atoms. The molecule has 1 N–H and O–H groups in total. The molecular weight excluding hydrogens is 408 g/mol. The van der Waals surface area contributed by atoms with Crippen molar-refractivity contribution in [2.45, 2.75) is 0 Å². The van der Waals surface area contributed by atoms with Crippen LogP contribution in [0.15, 0.2) is 18.2 Å². The Hall–Kier alpha value is -3.75. The lowest BCUT2D eigenvalue weighted by Crippen LogP contribution is -2.04. The van der Waals surface area contributed by atoms with Gasteiger partial charge in [0.1, 0.15) is 11.3 Å². The van der Waals surface area contributed by atoms with Crippen molar-refractivity contribution in [3.05, 3.63) is 29.3 Å². The number of phenolic OH excluding ortho intramolecular Hbond substituents is 1. The number of rotatable bonds is 10. The van der Waals surface area contributed by atoms with Crippen molar-refractivity contribution in [3.63, 3.8) is 0 Å². The fraction of sp³-hybridized carbons (Fsp3) is 0.318. The van der Waals surface area contributed by atoms with Gasteiger partial charge in [-0.2, -0.15) is 0 Å². The molecule has 9 nitrogen and oxygen atoms in total. The first-order valence-corrected chi connectivity index (χ1v) is 9.03. The number of ketones is 1. The second-order valence-electron chi connectivity index (χ2n) is 6.00. The van der Waals surface area contributed by atoms with Crippen LogP contribution in [0.5, 0.6) is 46.0 Å². The molecule has 2 rings (SSSR count). The van der Waals surface area contributed by atoms with E-state index < -0.39 is 5.78 Å². The molecule has 9 heteroatoms. The van der Waals surface area contributed by atoms with Gasteiger partial charge in [0.15, 0.2) is 28.8 Å². The minimum Gasteiger partial charge on any atom is -0.507 e. The molecule has 0 fully saturated rings. The van der Waals surface area contributed by atoms with Gasteiger partial charge >= 0.3 is 0 Å². The number of allylic oxidation sites excluding steroid dienone is 1. The number of aromatic hydroxyl groups is 1. The van der Waals surface area contributed by atoms with Gasteiger partial charge in [-0.25, -0.2) is 0 Å². The molecule has 0 saturated carbocycles. The summed E-state index contributed by atoms with van der Waals surface area (Å²) in [6.07, 6.45) is 2.76. The van der Waals surface area contributed by atoms with E-state index in [-0.39, 0.29) is 28.6 Å². The first-order chi connectivity index (χ1) is 14.9. The normalized spacial score (nSPS) is 10.5. The molecule has 0 bridgehead atoms. The summed E-state index contributed by atoms with van der Waals surface area (Å²) in [5.74, 6) is 0.991. The Morgan fingerprint density at radius 3 is 1.65 bits per heavy atom. The number of ether oxygens (including phenoxy) is 7. The zero-order valence-corrected chi connectivity index (χ0v) is 18.5. The van der Waals surface area contributed by atoms with E-state index in [4.69, 9.17) is 33.2 Å². The lowest BCUT2D eigenvalue weighted by atomic mass is 10.0. The van der Waals surface area contributed by atoms with Crippen LogP contribution in [0.3, 0.4) is 0 Å². The molecule has 31 heavy (non-hydrogen) atoms. The average Bonchev–Trinajstić information content (AvgIpc) is 2.79. The highest BCUT2D eigenvalue weighted by Gasteiger charge is 2.25. The van der Waals surface area contributed by atoms with Crippen LogP contribution in [0.4, 0.5) is 0 Å². The van der Waals surface area contributed by atoms with Crippen molar-refractivity contribution in [1.29, 1.82) is 0 Å². The molecule has 2 aromatic rings. The Morgan fingerprint density at radius 1 is 0.677 bits per heavy atom. The van der Waals surface area contributed by atoms with Crippen molar-refractivity contribution in [2.24, 2.45) is 0 Å². The smallest absolute Gasteiger partial charge is 0.207 e. The zero-order chi connectivity index (χ0) is 23.1. The van der Waals surface area contributed by atoms with Crippen LogP contribution >= 0.6 is 0 Å². The fourth-order valence-corrected chi connectivity index (χ4v) is 3.11. The molecule has 0 heterocycles. The Kier molecular flexibility index (Phi) is 7.84. The van der Waals surface area contributed by atoms with Crippen LogP contribution in [-0.2, 0) is 0 Å². The molecule has 0 aliphatic rings. The Balaban J connectivity index is 2.60. The van der Waals surface area contributed by atoms with Crippen molar-refractivity contribution < 1.29 is 43.1 Å². The lowest BCUT2D eigenvalue weighted by Gasteiger charge is -2.17. The van der Waals surface area contributed by atoms with Crippen LogP contribution < -0.4 is 33.2 Å². The number of hydrogen-bond donors (Lipinski definition) is 1. The third-order valence-electron chi connectivity index (χ3n) is 4.49. The predicted molar refractivity (Wildman–Crippen MR) is 114 cm³/mol. The molecule has 168 valence electrons. The zero-order valence-electron chi connectivity index (χ0n) is 18.5. The molecule has 0 aliphatic heterocycles. The summed E-state index contributed by atoms with van der Waals surface area (Å²) in [4.78, 5) is 13.0. The van der Waals surface area contributed by atoms with Gasteiger partial charge in [-0.15, -0.1) is 0 Å². The number of hydrogen-bond acceptors (Lipinski definition) is 9. The van der Waals surface area contributed by atoms with E-state index in [2.05, 4.69) is 0 Å². The number of carbonyl (C=O) groups excluding carboxylic acids is 1. The van der Waals surface area contributed by atoms with Crippen LogP contribution in [-0.4, -0.2) is 60.7 Å². The third kappa shape index (κ3) is 4.40. The van der Waals surface area contributed by atoms with Gasteiger partial charge in [0.2, 0.25) is 17.2 Å². The van der Waals surface area contributed by atoms with E-state index in [0.717, 1.165) is 0 Å². The van der Waals surface area contributed by atoms with Gasteiger partial charge in [0, 0.05) is 11.6 Å². The predicted octanol–water partition coefficient (Wildman–Crippen LogP) is 3.35. The minimum atomic E-state index is -0.536. The van der Waals surface area contributed by atoms with Crippen LogP contribution in [0.1, 0.15) is 15.9 Å². The van der Waals surface area contributed by atoms with Crippen molar-refractivity contribution in [3.8, 4) is 46.0 Å². The molecule has 0 atom stereocenters. The monoisotopic (exact) mass is 434 g/mol. The summed E-state index contributed by atoms with van der Waals surface area (Å²) in [6.45, 7) is 0. The summed E-state index contributed by atoms with van der Waals surface area (Å²) in [6, 6.07) is 2.91. The maximum Gasteiger partial charge on any atom is 0.207 e. The van der Waals surface area contributed by atoms with Crippen LogP contribution in [0.2, 0.25) is 0 Å². The third-order valence-corrected chi connectivity index (χ3v) is 4.49. The van der Waals surface area contributed by atoms with Gasteiger partial charge in [-0.05, 0) is 18.2 Å². The second kappa shape index (κ2) is 10.3. The summed E-state index contributed by atoms with van der Waals surface area (Å²) in [5, 5.41) is 10.4. The largest absolute Gasteiger partial charge is 0.507 e.